The fourth-order valence-corrected chi connectivity index (χ4v) is 3.87. The molecule has 1 saturated heterocycles. The summed E-state index contributed by atoms with van der Waals surface area (Å²) in [6.45, 7) is 6.56. The predicted molar refractivity (Wildman–Crippen MR) is 82.9 cm³/mol. The van der Waals surface area contributed by atoms with Crippen LogP contribution >= 0.6 is 0 Å². The molecule has 6 nitrogen and oxygen atoms in total. The van der Waals surface area contributed by atoms with Crippen LogP contribution in [0.15, 0.2) is 24.4 Å². The van der Waals surface area contributed by atoms with E-state index in [1.807, 2.05) is 39.1 Å². The van der Waals surface area contributed by atoms with Crippen molar-refractivity contribution in [2.24, 2.45) is 5.92 Å². The highest BCUT2D eigenvalue weighted by atomic mass is 32.2. The van der Waals surface area contributed by atoms with E-state index in [-0.39, 0.29) is 12.0 Å². The van der Waals surface area contributed by atoms with E-state index < -0.39 is 10.2 Å². The third kappa shape index (κ3) is 4.23. The molecule has 2 heterocycles. The number of aromatic nitrogens is 1. The number of pyridine rings is 1. The Balaban J connectivity index is 2.13. The van der Waals surface area contributed by atoms with Gasteiger partial charge in [0.1, 0.15) is 0 Å². The molecule has 0 bridgehead atoms. The zero-order chi connectivity index (χ0) is 15.5. The number of rotatable bonds is 5. The van der Waals surface area contributed by atoms with Crippen LogP contribution < -0.4 is 4.72 Å². The normalized spacial score (nSPS) is 19.8. The summed E-state index contributed by atoms with van der Waals surface area (Å²) >= 11 is 0. The second kappa shape index (κ2) is 6.83. The third-order valence-electron chi connectivity index (χ3n) is 3.75. The summed E-state index contributed by atoms with van der Waals surface area (Å²) in [5.41, 5.74) is 0.755. The van der Waals surface area contributed by atoms with E-state index in [0.717, 1.165) is 18.8 Å². The molecule has 7 heteroatoms. The molecule has 1 aromatic rings. The number of nitrogens with zero attached hydrogens (tertiary/aromatic N) is 3. The SMILES string of the molecule is CC(C)C(NS(=O)(=O)N1CCN(C)CC1)c1ccccn1. The zero-order valence-corrected chi connectivity index (χ0v) is 13.7. The molecule has 0 saturated carbocycles. The van der Waals surface area contributed by atoms with Crippen LogP contribution in [0.5, 0.6) is 0 Å². The fourth-order valence-electron chi connectivity index (χ4n) is 2.36. The lowest BCUT2D eigenvalue weighted by Crippen LogP contribution is -2.51. The van der Waals surface area contributed by atoms with E-state index in [1.54, 1.807) is 6.20 Å². The van der Waals surface area contributed by atoms with Crippen LogP contribution in [0.1, 0.15) is 25.6 Å². The Kier molecular flexibility index (Phi) is 5.32. The van der Waals surface area contributed by atoms with Gasteiger partial charge in [0.25, 0.3) is 10.2 Å². The molecule has 1 aromatic heterocycles. The summed E-state index contributed by atoms with van der Waals surface area (Å²) in [6.07, 6.45) is 1.69. The smallest absolute Gasteiger partial charge is 0.280 e. The minimum atomic E-state index is -3.48. The van der Waals surface area contributed by atoms with Gasteiger partial charge in [-0.2, -0.15) is 17.4 Å². The van der Waals surface area contributed by atoms with E-state index in [1.165, 1.54) is 4.31 Å². The molecule has 1 atom stereocenters. The second-order valence-corrected chi connectivity index (χ2v) is 7.50. The predicted octanol–water partition coefficient (Wildman–Crippen LogP) is 0.861. The molecule has 118 valence electrons. The van der Waals surface area contributed by atoms with Gasteiger partial charge < -0.3 is 4.90 Å². The van der Waals surface area contributed by atoms with E-state index >= 15 is 0 Å². The maximum absolute atomic E-state index is 12.5. The van der Waals surface area contributed by atoms with Crippen LogP contribution in [0.3, 0.4) is 0 Å². The first-order valence-electron chi connectivity index (χ1n) is 7.27. The van der Waals surface area contributed by atoms with Gasteiger partial charge in [0.2, 0.25) is 0 Å². The average Bonchev–Trinajstić information content (AvgIpc) is 2.46. The topological polar surface area (TPSA) is 65.5 Å². The van der Waals surface area contributed by atoms with Crippen molar-refractivity contribution in [3.63, 3.8) is 0 Å². The van der Waals surface area contributed by atoms with E-state index in [4.69, 9.17) is 0 Å². The van der Waals surface area contributed by atoms with Crippen LogP contribution in [-0.2, 0) is 10.2 Å². The molecular formula is C14H24N4O2S. The van der Waals surface area contributed by atoms with Crippen LogP contribution in [-0.4, -0.2) is 55.8 Å². The number of hydrogen-bond acceptors (Lipinski definition) is 4. The molecule has 0 aromatic carbocycles. The van der Waals surface area contributed by atoms with Gasteiger partial charge in [-0.25, -0.2) is 0 Å². The maximum Gasteiger partial charge on any atom is 0.280 e. The summed E-state index contributed by atoms with van der Waals surface area (Å²) in [5.74, 6) is 0.127. The van der Waals surface area contributed by atoms with E-state index in [9.17, 15) is 8.42 Å². The maximum atomic E-state index is 12.5. The van der Waals surface area contributed by atoms with Crippen LogP contribution in [0, 0.1) is 5.92 Å². The standard InChI is InChI=1S/C14H24N4O2S/c1-12(2)14(13-6-4-5-7-15-13)16-21(19,20)18-10-8-17(3)9-11-18/h4-7,12,14,16H,8-11H2,1-3H3. The van der Waals surface area contributed by atoms with Crippen LogP contribution in [0.25, 0.3) is 0 Å². The quantitative estimate of drug-likeness (QED) is 0.876. The van der Waals surface area contributed by atoms with Crippen molar-refractivity contribution in [3.8, 4) is 0 Å². The molecule has 1 fully saturated rings. The van der Waals surface area contributed by atoms with Gasteiger partial charge >= 0.3 is 0 Å². The highest BCUT2D eigenvalue weighted by Gasteiger charge is 2.30. The Bertz CT molecular complexity index is 539. The fraction of sp³-hybridized carbons (Fsp3) is 0.643. The minimum absolute atomic E-state index is 0.127. The Morgan fingerprint density at radius 2 is 1.86 bits per heavy atom. The highest BCUT2D eigenvalue weighted by Crippen LogP contribution is 2.21. The van der Waals surface area contributed by atoms with Gasteiger partial charge in [0.05, 0.1) is 11.7 Å². The first-order chi connectivity index (χ1) is 9.90. The number of piperazine rings is 1. The molecular weight excluding hydrogens is 288 g/mol. The van der Waals surface area contributed by atoms with Crippen molar-refractivity contribution in [1.29, 1.82) is 0 Å². The summed E-state index contributed by atoms with van der Waals surface area (Å²) in [4.78, 5) is 6.42. The first kappa shape index (κ1) is 16.4. The molecule has 0 amide bonds. The van der Waals surface area contributed by atoms with Gasteiger partial charge in [-0.05, 0) is 25.1 Å². The second-order valence-electron chi connectivity index (χ2n) is 5.80. The van der Waals surface area contributed by atoms with Crippen LogP contribution in [0.2, 0.25) is 0 Å². The highest BCUT2D eigenvalue weighted by molar-refractivity contribution is 7.87. The van der Waals surface area contributed by atoms with Gasteiger partial charge in [0, 0.05) is 32.4 Å². The summed E-state index contributed by atoms with van der Waals surface area (Å²) in [5, 5.41) is 0. The van der Waals surface area contributed by atoms with E-state index in [0.29, 0.717) is 13.1 Å². The van der Waals surface area contributed by atoms with E-state index in [2.05, 4.69) is 14.6 Å². The Labute approximate surface area is 127 Å². The molecule has 21 heavy (non-hydrogen) atoms. The largest absolute Gasteiger partial charge is 0.304 e. The molecule has 0 radical (unpaired) electrons. The minimum Gasteiger partial charge on any atom is -0.304 e. The molecule has 0 aliphatic carbocycles. The van der Waals surface area contributed by atoms with Gasteiger partial charge in [-0.15, -0.1) is 0 Å². The van der Waals surface area contributed by atoms with Crippen molar-refractivity contribution in [2.45, 2.75) is 19.9 Å². The Morgan fingerprint density at radius 3 is 2.38 bits per heavy atom. The lowest BCUT2D eigenvalue weighted by Gasteiger charge is -2.33. The molecule has 2 rings (SSSR count). The summed E-state index contributed by atoms with van der Waals surface area (Å²) in [7, 11) is -1.48. The zero-order valence-electron chi connectivity index (χ0n) is 12.9. The summed E-state index contributed by atoms with van der Waals surface area (Å²) in [6, 6.07) is 5.25. The van der Waals surface area contributed by atoms with Crippen molar-refractivity contribution in [1.82, 2.24) is 18.9 Å². The van der Waals surface area contributed by atoms with Crippen molar-refractivity contribution < 1.29 is 8.42 Å². The molecule has 1 N–H and O–H groups in total. The van der Waals surface area contributed by atoms with Crippen molar-refractivity contribution in [3.05, 3.63) is 30.1 Å². The molecule has 1 aliphatic rings. The average molecular weight is 312 g/mol. The molecule has 1 aliphatic heterocycles. The van der Waals surface area contributed by atoms with Crippen molar-refractivity contribution >= 4 is 10.2 Å². The van der Waals surface area contributed by atoms with Crippen LogP contribution in [0.4, 0.5) is 0 Å². The van der Waals surface area contributed by atoms with Gasteiger partial charge in [0.15, 0.2) is 0 Å². The lowest BCUT2D eigenvalue weighted by molar-refractivity contribution is 0.219. The summed E-state index contributed by atoms with van der Waals surface area (Å²) < 4.78 is 29.4. The third-order valence-corrected chi connectivity index (χ3v) is 5.35. The Morgan fingerprint density at radius 1 is 1.19 bits per heavy atom. The number of hydrogen-bond donors (Lipinski definition) is 1. The van der Waals surface area contributed by atoms with Gasteiger partial charge in [-0.3, -0.25) is 4.98 Å². The Hall–Kier alpha value is -1.02. The number of nitrogens with one attached hydrogen (secondary N) is 1. The van der Waals surface area contributed by atoms with Gasteiger partial charge in [-0.1, -0.05) is 19.9 Å². The monoisotopic (exact) mass is 312 g/mol. The van der Waals surface area contributed by atoms with Crippen molar-refractivity contribution in [2.75, 3.05) is 33.2 Å². The first-order valence-corrected chi connectivity index (χ1v) is 8.71. The molecule has 1 unspecified atom stereocenters. The lowest BCUT2D eigenvalue weighted by atomic mass is 10.0. The number of likely N-dealkylation sites (N-methyl/N-ethyl adjacent to an activating group) is 1. The molecule has 0 spiro atoms.